The summed E-state index contributed by atoms with van der Waals surface area (Å²) in [7, 11) is 0. The molecule has 0 aliphatic carbocycles. The molecule has 142 valence electrons. The number of anilines is 2. The summed E-state index contributed by atoms with van der Waals surface area (Å²) >= 11 is 0. The maximum atomic E-state index is 13.8. The van der Waals surface area contributed by atoms with Crippen LogP contribution in [-0.2, 0) is 6.18 Å². The van der Waals surface area contributed by atoms with Gasteiger partial charge in [-0.3, -0.25) is 0 Å². The van der Waals surface area contributed by atoms with Crippen molar-refractivity contribution in [3.05, 3.63) is 52.8 Å². The molecule has 6 nitrogen and oxygen atoms in total. The fourth-order valence-electron chi connectivity index (χ4n) is 2.41. The molecular formula is C15H9F6N5O. The molecule has 0 unspecified atom stereocenters. The van der Waals surface area contributed by atoms with E-state index >= 15 is 0 Å². The molecule has 1 heterocycles. The Balaban J connectivity index is 2.08. The zero-order chi connectivity index (χ0) is 19.9. The van der Waals surface area contributed by atoms with Crippen LogP contribution in [0.25, 0.3) is 11.0 Å². The van der Waals surface area contributed by atoms with Gasteiger partial charge in [0.05, 0.1) is 11.1 Å². The maximum absolute atomic E-state index is 13.8. The molecule has 0 amide bonds. The second-order valence-corrected chi connectivity index (χ2v) is 5.33. The van der Waals surface area contributed by atoms with Gasteiger partial charge in [-0.25, -0.2) is 18.2 Å². The van der Waals surface area contributed by atoms with Crippen molar-refractivity contribution in [1.82, 2.24) is 9.97 Å². The number of oxime groups is 1. The van der Waals surface area contributed by atoms with Gasteiger partial charge in [-0.2, -0.15) is 13.2 Å². The molecule has 0 saturated carbocycles. The number of benzene rings is 2. The SMILES string of the molecule is Nc1nc2c(F)c(F)cc(/C(=N\O)Nc3ccc(F)c(C(F)(F)F)c3)c2[nH]1. The molecule has 3 rings (SSSR count). The summed E-state index contributed by atoms with van der Waals surface area (Å²) in [4.78, 5) is 5.99. The first kappa shape index (κ1) is 18.4. The van der Waals surface area contributed by atoms with Gasteiger partial charge in [0.1, 0.15) is 11.3 Å². The highest BCUT2D eigenvalue weighted by molar-refractivity contribution is 6.14. The number of nitrogens with one attached hydrogen (secondary N) is 2. The number of halogens is 6. The number of amidine groups is 1. The van der Waals surface area contributed by atoms with Crippen LogP contribution in [0.3, 0.4) is 0 Å². The van der Waals surface area contributed by atoms with Crippen LogP contribution in [0.15, 0.2) is 29.4 Å². The third-order valence-corrected chi connectivity index (χ3v) is 3.57. The Morgan fingerprint density at radius 2 is 1.85 bits per heavy atom. The fraction of sp³-hybridized carbons (Fsp3) is 0.0667. The molecule has 0 aliphatic heterocycles. The summed E-state index contributed by atoms with van der Waals surface area (Å²) in [5, 5.41) is 14.3. The summed E-state index contributed by atoms with van der Waals surface area (Å²) in [6.45, 7) is 0. The summed E-state index contributed by atoms with van der Waals surface area (Å²) in [5.41, 5.74) is 2.60. The van der Waals surface area contributed by atoms with Crippen molar-refractivity contribution in [2.45, 2.75) is 6.18 Å². The normalized spacial score (nSPS) is 12.6. The number of rotatable bonds is 2. The van der Waals surface area contributed by atoms with Gasteiger partial charge < -0.3 is 21.2 Å². The second kappa shape index (κ2) is 6.37. The number of hydrogen-bond donors (Lipinski definition) is 4. The number of aromatic amines is 1. The van der Waals surface area contributed by atoms with E-state index in [-0.39, 0.29) is 22.7 Å². The highest BCUT2D eigenvalue weighted by atomic mass is 19.4. The van der Waals surface area contributed by atoms with Crippen LogP contribution in [0, 0.1) is 17.5 Å². The van der Waals surface area contributed by atoms with E-state index < -0.39 is 40.5 Å². The lowest BCUT2D eigenvalue weighted by Crippen LogP contribution is -2.16. The summed E-state index contributed by atoms with van der Waals surface area (Å²) in [5.74, 6) is -5.01. The molecular weight excluding hydrogens is 380 g/mol. The molecule has 0 atom stereocenters. The predicted molar refractivity (Wildman–Crippen MR) is 83.8 cm³/mol. The van der Waals surface area contributed by atoms with E-state index in [9.17, 15) is 31.5 Å². The molecule has 1 aromatic heterocycles. The van der Waals surface area contributed by atoms with Crippen LogP contribution >= 0.6 is 0 Å². The van der Waals surface area contributed by atoms with Gasteiger partial charge in [-0.05, 0) is 24.3 Å². The van der Waals surface area contributed by atoms with Crippen molar-refractivity contribution in [3.63, 3.8) is 0 Å². The number of imidazole rings is 1. The Morgan fingerprint density at radius 1 is 1.15 bits per heavy atom. The first-order chi connectivity index (χ1) is 12.6. The van der Waals surface area contributed by atoms with E-state index in [0.717, 1.165) is 6.07 Å². The summed E-state index contributed by atoms with van der Waals surface area (Å²) in [6.07, 6.45) is -4.97. The first-order valence-corrected chi connectivity index (χ1v) is 7.11. The van der Waals surface area contributed by atoms with Crippen molar-refractivity contribution >= 4 is 28.5 Å². The lowest BCUT2D eigenvalue weighted by Gasteiger charge is -2.13. The van der Waals surface area contributed by atoms with Gasteiger partial charge in [0.15, 0.2) is 23.4 Å². The van der Waals surface area contributed by atoms with Gasteiger partial charge in [0.25, 0.3) is 0 Å². The van der Waals surface area contributed by atoms with Gasteiger partial charge >= 0.3 is 6.18 Å². The van der Waals surface area contributed by atoms with Gasteiger partial charge in [0, 0.05) is 11.3 Å². The van der Waals surface area contributed by atoms with Gasteiger partial charge in [-0.15, -0.1) is 0 Å². The number of aromatic nitrogens is 2. The molecule has 27 heavy (non-hydrogen) atoms. The molecule has 3 aromatic rings. The van der Waals surface area contributed by atoms with Crippen molar-refractivity contribution < 1.29 is 31.5 Å². The van der Waals surface area contributed by atoms with E-state index in [2.05, 4.69) is 20.4 Å². The highest BCUT2D eigenvalue weighted by Gasteiger charge is 2.34. The van der Waals surface area contributed by atoms with E-state index in [1.165, 1.54) is 0 Å². The number of hydrogen-bond acceptors (Lipinski definition) is 4. The van der Waals surface area contributed by atoms with Crippen molar-refractivity contribution in [3.8, 4) is 0 Å². The number of H-pyrrole nitrogens is 1. The topological polar surface area (TPSA) is 99.3 Å². The predicted octanol–water partition coefficient (Wildman–Crippen LogP) is 3.83. The van der Waals surface area contributed by atoms with E-state index in [0.29, 0.717) is 18.2 Å². The number of nitrogens with zero attached hydrogens (tertiary/aromatic N) is 2. The van der Waals surface area contributed by atoms with Crippen LogP contribution < -0.4 is 11.1 Å². The minimum atomic E-state index is -4.97. The van der Waals surface area contributed by atoms with Crippen molar-refractivity contribution in [1.29, 1.82) is 0 Å². The average Bonchev–Trinajstić information content (AvgIpc) is 2.98. The molecule has 0 spiro atoms. The Morgan fingerprint density at radius 3 is 2.48 bits per heavy atom. The Labute approximate surface area is 146 Å². The standard InChI is InChI=1S/C15H9F6N5O/c16-8-2-1-5(3-7(8)15(19,20)21)23-13(26-27)6-4-9(17)10(18)12-11(6)24-14(22)25-12/h1-4,27H,(H,23,26)(H3,22,24,25). The molecule has 2 aromatic carbocycles. The fourth-order valence-corrected chi connectivity index (χ4v) is 2.41. The van der Waals surface area contributed by atoms with Crippen molar-refractivity contribution in [2.24, 2.45) is 5.16 Å². The average molecular weight is 389 g/mol. The Bertz CT molecular complexity index is 1060. The highest BCUT2D eigenvalue weighted by Crippen LogP contribution is 2.33. The number of nitrogen functional groups attached to an aromatic ring is 1. The lowest BCUT2D eigenvalue weighted by atomic mass is 10.1. The van der Waals surface area contributed by atoms with Crippen LogP contribution in [0.2, 0.25) is 0 Å². The zero-order valence-corrected chi connectivity index (χ0v) is 13.0. The molecule has 0 bridgehead atoms. The maximum Gasteiger partial charge on any atom is 0.419 e. The summed E-state index contributed by atoms with van der Waals surface area (Å²) < 4.78 is 79.4. The van der Waals surface area contributed by atoms with E-state index in [1.807, 2.05) is 0 Å². The molecule has 0 fully saturated rings. The molecule has 12 heteroatoms. The number of fused-ring (bicyclic) bond motifs is 1. The number of nitrogens with two attached hydrogens (primary N) is 1. The first-order valence-electron chi connectivity index (χ1n) is 7.11. The molecule has 5 N–H and O–H groups in total. The molecule has 0 aliphatic rings. The largest absolute Gasteiger partial charge is 0.419 e. The molecule has 0 radical (unpaired) electrons. The Kier molecular flexibility index (Phi) is 4.33. The third-order valence-electron chi connectivity index (χ3n) is 3.57. The second-order valence-electron chi connectivity index (χ2n) is 5.33. The van der Waals surface area contributed by atoms with Crippen molar-refractivity contribution in [2.75, 3.05) is 11.1 Å². The number of alkyl halides is 3. The monoisotopic (exact) mass is 389 g/mol. The Hall–Kier alpha value is -3.44. The van der Waals surface area contributed by atoms with Crippen LogP contribution in [0.1, 0.15) is 11.1 Å². The zero-order valence-electron chi connectivity index (χ0n) is 13.0. The van der Waals surface area contributed by atoms with Gasteiger partial charge in [-0.1, -0.05) is 5.16 Å². The third kappa shape index (κ3) is 3.32. The van der Waals surface area contributed by atoms with E-state index in [4.69, 9.17) is 5.73 Å². The minimum Gasteiger partial charge on any atom is -0.409 e. The quantitative estimate of drug-likeness (QED) is 0.176. The summed E-state index contributed by atoms with van der Waals surface area (Å²) in [6, 6.07) is 2.55. The minimum absolute atomic E-state index is 0.162. The van der Waals surface area contributed by atoms with Crippen LogP contribution in [-0.4, -0.2) is 21.0 Å². The van der Waals surface area contributed by atoms with E-state index in [1.54, 1.807) is 0 Å². The molecule has 0 saturated heterocycles. The van der Waals surface area contributed by atoms with Crippen LogP contribution in [0.4, 0.5) is 38.0 Å². The van der Waals surface area contributed by atoms with Crippen LogP contribution in [0.5, 0.6) is 0 Å². The smallest absolute Gasteiger partial charge is 0.409 e. The lowest BCUT2D eigenvalue weighted by molar-refractivity contribution is -0.139. The van der Waals surface area contributed by atoms with Gasteiger partial charge in [0.2, 0.25) is 0 Å².